The number of phenols is 1. The highest BCUT2D eigenvalue weighted by Crippen LogP contribution is 2.36. The van der Waals surface area contributed by atoms with Crippen molar-refractivity contribution in [1.82, 2.24) is 9.97 Å². The molecular weight excluding hydrogens is 200 g/mol. The first-order valence-corrected chi connectivity index (χ1v) is 5.62. The van der Waals surface area contributed by atoms with E-state index in [4.69, 9.17) is 0 Å². The molecule has 2 N–H and O–H groups in total. The van der Waals surface area contributed by atoms with Gasteiger partial charge in [-0.25, -0.2) is 4.98 Å². The van der Waals surface area contributed by atoms with Crippen molar-refractivity contribution in [1.29, 1.82) is 0 Å². The van der Waals surface area contributed by atoms with Crippen LogP contribution in [0.15, 0.2) is 30.7 Å². The van der Waals surface area contributed by atoms with Gasteiger partial charge in [0.2, 0.25) is 0 Å². The lowest BCUT2D eigenvalue weighted by Crippen LogP contribution is -1.98. The molecule has 1 aromatic carbocycles. The first-order chi connectivity index (χ1) is 7.83. The van der Waals surface area contributed by atoms with Crippen LogP contribution in [0.1, 0.15) is 29.2 Å². The molecule has 0 radical (unpaired) electrons. The molecule has 1 aliphatic carbocycles. The number of hydrogen-bond donors (Lipinski definition) is 2. The van der Waals surface area contributed by atoms with Crippen molar-refractivity contribution in [3.8, 4) is 5.75 Å². The summed E-state index contributed by atoms with van der Waals surface area (Å²) in [7, 11) is 0. The zero-order valence-corrected chi connectivity index (χ0v) is 8.98. The number of aryl methyl sites for hydroxylation is 1. The van der Waals surface area contributed by atoms with E-state index in [1.165, 1.54) is 16.8 Å². The summed E-state index contributed by atoms with van der Waals surface area (Å²) in [4.78, 5) is 7.17. The highest BCUT2D eigenvalue weighted by Gasteiger charge is 2.23. The fourth-order valence-electron chi connectivity index (χ4n) is 2.55. The molecule has 0 aliphatic heterocycles. The molecule has 82 valence electrons. The predicted molar refractivity (Wildman–Crippen MR) is 61.5 cm³/mol. The summed E-state index contributed by atoms with van der Waals surface area (Å²) >= 11 is 0. The third kappa shape index (κ3) is 1.58. The third-order valence-electron chi connectivity index (χ3n) is 3.35. The van der Waals surface area contributed by atoms with Crippen LogP contribution in [-0.4, -0.2) is 15.1 Å². The van der Waals surface area contributed by atoms with Crippen molar-refractivity contribution in [2.75, 3.05) is 0 Å². The molecule has 3 nitrogen and oxygen atoms in total. The predicted octanol–water partition coefficient (Wildman–Crippen LogP) is 2.39. The highest BCUT2D eigenvalue weighted by atomic mass is 16.3. The van der Waals surface area contributed by atoms with Crippen LogP contribution in [0.25, 0.3) is 0 Å². The van der Waals surface area contributed by atoms with Gasteiger partial charge in [-0.2, -0.15) is 0 Å². The van der Waals surface area contributed by atoms with E-state index in [1.54, 1.807) is 12.4 Å². The molecule has 0 saturated carbocycles. The average Bonchev–Trinajstić information content (AvgIpc) is 2.90. The first-order valence-electron chi connectivity index (χ1n) is 5.62. The molecule has 0 saturated heterocycles. The molecule has 3 heteroatoms. The molecule has 0 bridgehead atoms. The number of phenolic OH excluding ortho intramolecular Hbond substituents is 1. The van der Waals surface area contributed by atoms with Gasteiger partial charge in [-0.3, -0.25) is 0 Å². The first kappa shape index (κ1) is 9.46. The maximum atomic E-state index is 9.52. The van der Waals surface area contributed by atoms with E-state index in [0.29, 0.717) is 11.7 Å². The number of fused-ring (bicyclic) bond motifs is 1. The maximum Gasteiger partial charge on any atom is 0.115 e. The van der Waals surface area contributed by atoms with Crippen molar-refractivity contribution >= 4 is 0 Å². The van der Waals surface area contributed by atoms with Crippen LogP contribution in [0.2, 0.25) is 0 Å². The molecule has 16 heavy (non-hydrogen) atoms. The largest absolute Gasteiger partial charge is 0.508 e. The van der Waals surface area contributed by atoms with Crippen LogP contribution in [0, 0.1) is 0 Å². The van der Waals surface area contributed by atoms with Crippen LogP contribution >= 0.6 is 0 Å². The van der Waals surface area contributed by atoms with Gasteiger partial charge < -0.3 is 10.1 Å². The van der Waals surface area contributed by atoms with E-state index >= 15 is 0 Å². The molecule has 0 fully saturated rings. The van der Waals surface area contributed by atoms with Crippen LogP contribution < -0.4 is 0 Å². The lowest BCUT2D eigenvalue weighted by molar-refractivity contribution is 0.474. The number of nitrogens with one attached hydrogen (secondary N) is 1. The molecule has 0 unspecified atom stereocenters. The lowest BCUT2D eigenvalue weighted by Gasteiger charge is -2.10. The number of imidazole rings is 1. The monoisotopic (exact) mass is 214 g/mol. The van der Waals surface area contributed by atoms with Gasteiger partial charge in [0.05, 0.1) is 6.33 Å². The number of nitrogens with zero attached hydrogens (tertiary/aromatic N) is 1. The molecular formula is C13H14N2O. The SMILES string of the molecule is Oc1ccc2c(c1)[C@H](Cc1cnc[nH]1)CC2. The van der Waals surface area contributed by atoms with E-state index in [0.717, 1.165) is 19.3 Å². The number of rotatable bonds is 2. The summed E-state index contributed by atoms with van der Waals surface area (Å²) in [6, 6.07) is 5.72. The second-order valence-corrected chi connectivity index (χ2v) is 4.40. The standard InChI is InChI=1S/C13H14N2O/c16-12-4-3-9-1-2-10(13(9)6-12)5-11-7-14-8-15-11/h3-4,6-8,10,16H,1-2,5H2,(H,14,15)/t10-/m0/s1. The summed E-state index contributed by atoms with van der Waals surface area (Å²) in [5.74, 6) is 0.887. The molecule has 1 aromatic heterocycles. The van der Waals surface area contributed by atoms with E-state index in [1.807, 2.05) is 18.3 Å². The minimum Gasteiger partial charge on any atom is -0.508 e. The van der Waals surface area contributed by atoms with Crippen LogP contribution in [0.5, 0.6) is 5.75 Å². The van der Waals surface area contributed by atoms with E-state index in [-0.39, 0.29) is 0 Å². The summed E-state index contributed by atoms with van der Waals surface area (Å²) in [5.41, 5.74) is 3.85. The minimum absolute atomic E-state index is 0.371. The number of H-pyrrole nitrogens is 1. The smallest absolute Gasteiger partial charge is 0.115 e. The number of aromatic hydroxyl groups is 1. The normalized spacial score (nSPS) is 18.6. The Bertz CT molecular complexity index is 491. The molecule has 1 heterocycles. The number of aromatic nitrogens is 2. The molecule has 1 atom stereocenters. The summed E-state index contributed by atoms with van der Waals surface area (Å²) in [6.07, 6.45) is 6.86. The second-order valence-electron chi connectivity index (χ2n) is 4.40. The van der Waals surface area contributed by atoms with Crippen LogP contribution in [-0.2, 0) is 12.8 Å². The van der Waals surface area contributed by atoms with Crippen molar-refractivity contribution < 1.29 is 5.11 Å². The highest BCUT2D eigenvalue weighted by molar-refractivity contribution is 5.41. The Kier molecular flexibility index (Phi) is 2.17. The van der Waals surface area contributed by atoms with Crippen LogP contribution in [0.4, 0.5) is 0 Å². The summed E-state index contributed by atoms with van der Waals surface area (Å²) in [6.45, 7) is 0. The van der Waals surface area contributed by atoms with Gasteiger partial charge in [0.15, 0.2) is 0 Å². The zero-order valence-electron chi connectivity index (χ0n) is 8.98. The van der Waals surface area contributed by atoms with E-state index in [2.05, 4.69) is 9.97 Å². The van der Waals surface area contributed by atoms with Gasteiger partial charge in [0, 0.05) is 11.9 Å². The van der Waals surface area contributed by atoms with Gasteiger partial charge in [0.25, 0.3) is 0 Å². The number of benzene rings is 1. The average molecular weight is 214 g/mol. The van der Waals surface area contributed by atoms with Gasteiger partial charge in [-0.15, -0.1) is 0 Å². The Balaban J connectivity index is 1.88. The second kappa shape index (κ2) is 3.67. The quantitative estimate of drug-likeness (QED) is 0.806. The van der Waals surface area contributed by atoms with Crippen molar-refractivity contribution in [3.05, 3.63) is 47.5 Å². The number of hydrogen-bond acceptors (Lipinski definition) is 2. The van der Waals surface area contributed by atoms with Gasteiger partial charge in [-0.1, -0.05) is 6.07 Å². The third-order valence-corrected chi connectivity index (χ3v) is 3.35. The molecule has 3 rings (SSSR count). The molecule has 0 spiro atoms. The topological polar surface area (TPSA) is 48.9 Å². The Hall–Kier alpha value is -1.77. The van der Waals surface area contributed by atoms with Gasteiger partial charge in [0.1, 0.15) is 5.75 Å². The Labute approximate surface area is 94.2 Å². The van der Waals surface area contributed by atoms with Gasteiger partial charge >= 0.3 is 0 Å². The molecule has 1 aliphatic rings. The summed E-state index contributed by atoms with van der Waals surface area (Å²) < 4.78 is 0. The van der Waals surface area contributed by atoms with Crippen molar-refractivity contribution in [2.45, 2.75) is 25.2 Å². The Morgan fingerprint density at radius 1 is 1.44 bits per heavy atom. The van der Waals surface area contributed by atoms with E-state index < -0.39 is 0 Å². The lowest BCUT2D eigenvalue weighted by atomic mass is 9.96. The fraction of sp³-hybridized carbons (Fsp3) is 0.308. The van der Waals surface area contributed by atoms with E-state index in [9.17, 15) is 5.11 Å². The Morgan fingerprint density at radius 2 is 2.38 bits per heavy atom. The Morgan fingerprint density at radius 3 is 3.19 bits per heavy atom. The van der Waals surface area contributed by atoms with Crippen LogP contribution in [0.3, 0.4) is 0 Å². The van der Waals surface area contributed by atoms with Gasteiger partial charge in [-0.05, 0) is 48.4 Å². The van der Waals surface area contributed by atoms with Crippen molar-refractivity contribution in [3.63, 3.8) is 0 Å². The molecule has 2 aromatic rings. The number of aromatic amines is 1. The van der Waals surface area contributed by atoms with Crippen molar-refractivity contribution in [2.24, 2.45) is 0 Å². The zero-order chi connectivity index (χ0) is 11.0. The fourth-order valence-corrected chi connectivity index (χ4v) is 2.55. The molecule has 0 amide bonds. The maximum absolute atomic E-state index is 9.52. The summed E-state index contributed by atoms with van der Waals surface area (Å²) in [5, 5.41) is 9.52. The minimum atomic E-state index is 0.371.